The van der Waals surface area contributed by atoms with E-state index >= 15 is 0 Å². The van der Waals surface area contributed by atoms with Crippen molar-refractivity contribution >= 4 is 57.5 Å². The second-order valence-corrected chi connectivity index (χ2v) is 7.00. The van der Waals surface area contributed by atoms with Crippen LogP contribution in [0, 0.1) is 0 Å². The van der Waals surface area contributed by atoms with Crippen LogP contribution in [0.4, 0.5) is 5.13 Å². The van der Waals surface area contributed by atoms with Crippen LogP contribution in [-0.4, -0.2) is 11.2 Å². The lowest BCUT2D eigenvalue weighted by Crippen LogP contribution is -1.99. The second kappa shape index (κ2) is 6.53. The number of rotatable bonds is 3. The van der Waals surface area contributed by atoms with Gasteiger partial charge in [-0.1, -0.05) is 34.8 Å². The minimum Gasteiger partial charge on any atom is -0.253 e. The monoisotopic (exact) mass is 359 g/mol. The highest BCUT2D eigenvalue weighted by atomic mass is 35.5. The molecule has 1 N–H and O–H groups in total. The van der Waals surface area contributed by atoms with Crippen LogP contribution in [-0.2, 0) is 12.8 Å². The average Bonchev–Trinajstić information content (AvgIpc) is 2.89. The van der Waals surface area contributed by atoms with Crippen LogP contribution >= 0.6 is 46.1 Å². The first-order valence-corrected chi connectivity index (χ1v) is 8.51. The Morgan fingerprint density at radius 3 is 2.71 bits per heavy atom. The lowest BCUT2D eigenvalue weighted by Gasteiger charge is -2.06. The molecule has 2 aromatic rings. The summed E-state index contributed by atoms with van der Waals surface area (Å²) in [6.45, 7) is 0. The smallest absolute Gasteiger partial charge is 0.203 e. The van der Waals surface area contributed by atoms with Gasteiger partial charge in [-0.15, -0.1) is 11.3 Å². The van der Waals surface area contributed by atoms with Crippen molar-refractivity contribution in [2.75, 3.05) is 5.43 Å². The molecule has 0 radical (unpaired) electrons. The van der Waals surface area contributed by atoms with Gasteiger partial charge in [0.05, 0.1) is 27.0 Å². The Hall–Kier alpha value is -0.810. The van der Waals surface area contributed by atoms with Crippen LogP contribution in [0.2, 0.25) is 15.1 Å². The fourth-order valence-electron chi connectivity index (χ4n) is 2.21. The van der Waals surface area contributed by atoms with Crippen LogP contribution in [0.5, 0.6) is 0 Å². The Labute approximate surface area is 141 Å². The van der Waals surface area contributed by atoms with Crippen molar-refractivity contribution in [2.45, 2.75) is 25.7 Å². The van der Waals surface area contributed by atoms with Gasteiger partial charge in [0.25, 0.3) is 0 Å². The molecule has 110 valence electrons. The molecule has 0 bridgehead atoms. The molecule has 0 atom stereocenters. The Bertz CT molecular complexity index is 674. The van der Waals surface area contributed by atoms with Crippen LogP contribution in [0.3, 0.4) is 0 Å². The zero-order chi connectivity index (χ0) is 14.8. The van der Waals surface area contributed by atoms with E-state index in [0.29, 0.717) is 20.6 Å². The highest BCUT2D eigenvalue weighted by Gasteiger charge is 2.14. The summed E-state index contributed by atoms with van der Waals surface area (Å²) in [6.07, 6.45) is 6.20. The lowest BCUT2D eigenvalue weighted by atomic mass is 10.0. The maximum Gasteiger partial charge on any atom is 0.203 e. The first-order chi connectivity index (χ1) is 10.1. The number of nitrogens with one attached hydrogen (secondary N) is 1. The average molecular weight is 361 g/mol. The highest BCUT2D eigenvalue weighted by Crippen LogP contribution is 2.31. The van der Waals surface area contributed by atoms with E-state index in [1.807, 2.05) is 0 Å². The predicted molar refractivity (Wildman–Crippen MR) is 91.4 cm³/mol. The second-order valence-electron chi connectivity index (χ2n) is 4.72. The molecule has 7 heteroatoms. The molecule has 0 saturated carbocycles. The number of aryl methyl sites for hydroxylation is 2. The number of aromatic nitrogens is 1. The van der Waals surface area contributed by atoms with Gasteiger partial charge in [0.15, 0.2) is 0 Å². The summed E-state index contributed by atoms with van der Waals surface area (Å²) in [5.74, 6) is 0. The van der Waals surface area contributed by atoms with E-state index in [1.54, 1.807) is 29.7 Å². The summed E-state index contributed by atoms with van der Waals surface area (Å²) in [4.78, 5) is 5.91. The third-order valence-corrected chi connectivity index (χ3v) is 5.49. The number of benzene rings is 1. The Morgan fingerprint density at radius 2 is 1.90 bits per heavy atom. The van der Waals surface area contributed by atoms with Gasteiger partial charge >= 0.3 is 0 Å². The first kappa shape index (κ1) is 15.1. The molecule has 3 nitrogen and oxygen atoms in total. The van der Waals surface area contributed by atoms with Crippen molar-refractivity contribution in [1.29, 1.82) is 0 Å². The zero-order valence-electron chi connectivity index (χ0n) is 11.0. The van der Waals surface area contributed by atoms with Crippen molar-refractivity contribution in [1.82, 2.24) is 4.98 Å². The van der Waals surface area contributed by atoms with Crippen LogP contribution in [0.1, 0.15) is 29.0 Å². The molecule has 21 heavy (non-hydrogen) atoms. The lowest BCUT2D eigenvalue weighted by molar-refractivity contribution is 0.682. The van der Waals surface area contributed by atoms with Gasteiger partial charge in [0.1, 0.15) is 0 Å². The van der Waals surface area contributed by atoms with E-state index in [0.717, 1.165) is 18.0 Å². The molecule has 1 heterocycles. The van der Waals surface area contributed by atoms with Gasteiger partial charge in [0, 0.05) is 10.4 Å². The summed E-state index contributed by atoms with van der Waals surface area (Å²) in [5, 5.41) is 6.32. The van der Waals surface area contributed by atoms with E-state index in [2.05, 4.69) is 15.5 Å². The maximum absolute atomic E-state index is 6.11. The number of thiazole rings is 1. The zero-order valence-corrected chi connectivity index (χ0v) is 14.1. The summed E-state index contributed by atoms with van der Waals surface area (Å²) in [5.41, 5.74) is 4.73. The third-order valence-electron chi connectivity index (χ3n) is 3.28. The molecule has 1 aliphatic rings. The number of halogens is 3. The van der Waals surface area contributed by atoms with E-state index in [9.17, 15) is 0 Å². The maximum atomic E-state index is 6.11. The van der Waals surface area contributed by atoms with Crippen molar-refractivity contribution in [3.63, 3.8) is 0 Å². The van der Waals surface area contributed by atoms with Gasteiger partial charge in [0.2, 0.25) is 5.13 Å². The van der Waals surface area contributed by atoms with Gasteiger partial charge in [-0.25, -0.2) is 4.98 Å². The minimum atomic E-state index is 0.396. The molecule has 0 amide bonds. The van der Waals surface area contributed by atoms with Gasteiger partial charge in [-0.05, 0) is 37.8 Å². The quantitative estimate of drug-likeness (QED) is 0.450. The molecule has 1 aromatic carbocycles. The number of nitrogens with zero attached hydrogens (tertiary/aromatic N) is 2. The molecular weight excluding hydrogens is 349 g/mol. The molecule has 0 aliphatic heterocycles. The Morgan fingerprint density at radius 1 is 1.14 bits per heavy atom. The van der Waals surface area contributed by atoms with Crippen molar-refractivity contribution in [3.8, 4) is 0 Å². The molecular formula is C14H12Cl3N3S. The fourth-order valence-corrected chi connectivity index (χ4v) is 3.85. The van der Waals surface area contributed by atoms with Crippen LogP contribution in [0.25, 0.3) is 0 Å². The minimum absolute atomic E-state index is 0.396. The fraction of sp³-hybridized carbons (Fsp3) is 0.286. The standard InChI is InChI=1S/C14H12Cl3N3S/c15-9-5-6-10(16)13(17)8(9)7-18-20-14-19-11-3-1-2-4-12(11)21-14/h5-7H,1-4H2,(H,19,20)/b18-7-. The third kappa shape index (κ3) is 3.34. The number of fused-ring (bicyclic) bond motifs is 1. The SMILES string of the molecule is Clc1ccc(Cl)c(/C=N\Nc2nc3c(s2)CCCC3)c1Cl. The number of hydrogen-bond acceptors (Lipinski definition) is 4. The summed E-state index contributed by atoms with van der Waals surface area (Å²) in [7, 11) is 0. The summed E-state index contributed by atoms with van der Waals surface area (Å²) < 4.78 is 0. The van der Waals surface area contributed by atoms with Gasteiger partial charge in [-0.2, -0.15) is 5.10 Å². The number of hydrazone groups is 1. The summed E-state index contributed by atoms with van der Waals surface area (Å²) >= 11 is 19.8. The number of anilines is 1. The Balaban J connectivity index is 1.75. The predicted octanol–water partition coefficient (Wildman–Crippen LogP) is 5.43. The van der Waals surface area contributed by atoms with E-state index in [4.69, 9.17) is 34.8 Å². The van der Waals surface area contributed by atoms with E-state index in [1.165, 1.54) is 23.4 Å². The molecule has 1 aromatic heterocycles. The van der Waals surface area contributed by atoms with Crippen molar-refractivity contribution in [2.24, 2.45) is 5.10 Å². The normalized spacial score (nSPS) is 14.4. The molecule has 0 unspecified atom stereocenters. The van der Waals surface area contributed by atoms with E-state index < -0.39 is 0 Å². The summed E-state index contributed by atoms with van der Waals surface area (Å²) in [6, 6.07) is 3.35. The number of hydrogen-bond donors (Lipinski definition) is 1. The Kier molecular flexibility index (Phi) is 4.69. The molecule has 0 spiro atoms. The van der Waals surface area contributed by atoms with Gasteiger partial charge in [-0.3, -0.25) is 5.43 Å². The molecule has 0 saturated heterocycles. The first-order valence-electron chi connectivity index (χ1n) is 6.56. The van der Waals surface area contributed by atoms with Crippen LogP contribution < -0.4 is 5.43 Å². The molecule has 3 rings (SSSR count). The molecule has 1 aliphatic carbocycles. The topological polar surface area (TPSA) is 37.3 Å². The van der Waals surface area contributed by atoms with Crippen molar-refractivity contribution in [3.05, 3.63) is 43.3 Å². The van der Waals surface area contributed by atoms with Crippen molar-refractivity contribution < 1.29 is 0 Å². The van der Waals surface area contributed by atoms with E-state index in [-0.39, 0.29) is 0 Å². The van der Waals surface area contributed by atoms with Crippen LogP contribution in [0.15, 0.2) is 17.2 Å². The van der Waals surface area contributed by atoms with Gasteiger partial charge < -0.3 is 0 Å². The highest BCUT2D eigenvalue weighted by molar-refractivity contribution is 7.15. The molecule has 0 fully saturated rings. The largest absolute Gasteiger partial charge is 0.253 e.